The van der Waals surface area contributed by atoms with Crippen molar-refractivity contribution in [1.82, 2.24) is 5.32 Å². The molecule has 0 aliphatic heterocycles. The van der Waals surface area contributed by atoms with Crippen LogP contribution >= 0.6 is 23.2 Å². The molecule has 0 unspecified atom stereocenters. The number of ketones is 1. The molecule has 1 rings (SSSR count). The molecule has 1 aromatic rings. The predicted molar refractivity (Wildman–Crippen MR) is 75.2 cm³/mol. The van der Waals surface area contributed by atoms with Crippen LogP contribution in [0.15, 0.2) is 23.2 Å². The van der Waals surface area contributed by atoms with Crippen molar-refractivity contribution in [3.63, 3.8) is 0 Å². The van der Waals surface area contributed by atoms with E-state index in [-0.39, 0.29) is 12.2 Å². The second kappa shape index (κ2) is 7.01. The first-order valence-electron chi connectivity index (χ1n) is 5.26. The van der Waals surface area contributed by atoms with Gasteiger partial charge >= 0.3 is 0 Å². The molecule has 0 aliphatic rings. The van der Waals surface area contributed by atoms with Crippen LogP contribution in [-0.2, 0) is 16.0 Å². The van der Waals surface area contributed by atoms with Crippen LogP contribution in [-0.4, -0.2) is 23.9 Å². The lowest BCUT2D eigenvalue weighted by molar-refractivity contribution is -0.119. The number of rotatable bonds is 3. The highest BCUT2D eigenvalue weighted by Gasteiger charge is 2.11. The van der Waals surface area contributed by atoms with Crippen LogP contribution in [0.25, 0.3) is 0 Å². The molecular formula is C12H11Cl2N3O2. The maximum atomic E-state index is 11.6. The molecule has 0 aromatic heterocycles. The van der Waals surface area contributed by atoms with Crippen molar-refractivity contribution < 1.29 is 9.59 Å². The van der Waals surface area contributed by atoms with Gasteiger partial charge in [0.05, 0.1) is 12.6 Å². The van der Waals surface area contributed by atoms with Gasteiger partial charge in [-0.1, -0.05) is 29.3 Å². The average molecular weight is 300 g/mol. The van der Waals surface area contributed by atoms with Crippen LogP contribution in [0.4, 0.5) is 0 Å². The summed E-state index contributed by atoms with van der Waals surface area (Å²) in [5.41, 5.74) is 0.478. The third kappa shape index (κ3) is 5.19. The molecule has 0 saturated carbocycles. The van der Waals surface area contributed by atoms with E-state index in [9.17, 15) is 9.59 Å². The van der Waals surface area contributed by atoms with Crippen LogP contribution in [0.1, 0.15) is 12.5 Å². The van der Waals surface area contributed by atoms with Crippen LogP contribution in [0.5, 0.6) is 0 Å². The van der Waals surface area contributed by atoms with Crippen molar-refractivity contribution in [3.8, 4) is 0 Å². The van der Waals surface area contributed by atoms with Crippen molar-refractivity contribution in [2.45, 2.75) is 13.3 Å². The Morgan fingerprint density at radius 3 is 2.47 bits per heavy atom. The first-order valence-corrected chi connectivity index (χ1v) is 6.01. The quantitative estimate of drug-likeness (QED) is 0.663. The minimum absolute atomic E-state index is 0.0729. The Bertz CT molecular complexity index is 536. The summed E-state index contributed by atoms with van der Waals surface area (Å²) in [7, 11) is 0. The number of Topliss-reactive ketones (excluding diaryl/α,β-unsaturated/α-hetero) is 1. The fourth-order valence-corrected chi connectivity index (χ4v) is 1.76. The van der Waals surface area contributed by atoms with E-state index in [4.69, 9.17) is 28.6 Å². The molecule has 19 heavy (non-hydrogen) atoms. The first kappa shape index (κ1) is 15.3. The molecule has 0 spiro atoms. The van der Waals surface area contributed by atoms with Crippen molar-refractivity contribution in [2.24, 2.45) is 4.99 Å². The second-order valence-electron chi connectivity index (χ2n) is 3.64. The Morgan fingerprint density at radius 1 is 1.37 bits per heavy atom. The van der Waals surface area contributed by atoms with E-state index in [1.165, 1.54) is 6.92 Å². The highest BCUT2D eigenvalue weighted by atomic mass is 35.5. The first-order chi connectivity index (χ1) is 8.90. The van der Waals surface area contributed by atoms with Crippen LogP contribution in [0.2, 0.25) is 10.0 Å². The fourth-order valence-electron chi connectivity index (χ4n) is 1.23. The molecule has 100 valence electrons. The molecule has 0 fully saturated rings. The van der Waals surface area contributed by atoms with Crippen LogP contribution in [0.3, 0.4) is 0 Å². The van der Waals surface area contributed by atoms with E-state index in [0.717, 1.165) is 6.21 Å². The van der Waals surface area contributed by atoms with Crippen molar-refractivity contribution in [3.05, 3.63) is 33.8 Å². The Labute approximate surface area is 120 Å². The molecule has 5 nitrogen and oxygen atoms in total. The van der Waals surface area contributed by atoms with Gasteiger partial charge in [0.2, 0.25) is 11.9 Å². The minimum atomic E-state index is -0.485. The number of carbonyl (C=O) groups is 2. The van der Waals surface area contributed by atoms with Crippen molar-refractivity contribution in [2.75, 3.05) is 0 Å². The zero-order valence-corrected chi connectivity index (χ0v) is 11.5. The van der Waals surface area contributed by atoms with Gasteiger partial charge in [0.15, 0.2) is 5.78 Å². The second-order valence-corrected chi connectivity index (χ2v) is 4.46. The number of hydrogen-bond acceptors (Lipinski definition) is 3. The summed E-state index contributed by atoms with van der Waals surface area (Å²) in [5.74, 6) is -1.21. The number of amides is 1. The summed E-state index contributed by atoms with van der Waals surface area (Å²) in [6.45, 7) is 1.29. The minimum Gasteiger partial charge on any atom is -0.295 e. The number of nitrogens with one attached hydrogen (secondary N) is 2. The largest absolute Gasteiger partial charge is 0.295 e. The lowest BCUT2D eigenvalue weighted by Crippen LogP contribution is -2.30. The van der Waals surface area contributed by atoms with Gasteiger partial charge < -0.3 is 0 Å². The van der Waals surface area contributed by atoms with Gasteiger partial charge in [0.25, 0.3) is 0 Å². The molecule has 0 bridgehead atoms. The number of hydrogen-bond donors (Lipinski definition) is 2. The summed E-state index contributed by atoms with van der Waals surface area (Å²) in [5, 5.41) is 10.3. The topological polar surface area (TPSA) is 82.4 Å². The van der Waals surface area contributed by atoms with E-state index < -0.39 is 11.9 Å². The molecule has 1 aromatic carbocycles. The molecule has 2 N–H and O–H groups in total. The maximum Gasteiger partial charge on any atom is 0.231 e. The monoisotopic (exact) mass is 299 g/mol. The van der Waals surface area contributed by atoms with Gasteiger partial charge in [-0.3, -0.25) is 20.3 Å². The average Bonchev–Trinajstić information content (AvgIpc) is 2.31. The van der Waals surface area contributed by atoms with Gasteiger partial charge in [-0.15, -0.1) is 0 Å². The van der Waals surface area contributed by atoms with Gasteiger partial charge in [0, 0.05) is 17.0 Å². The van der Waals surface area contributed by atoms with Gasteiger partial charge in [0.1, 0.15) is 0 Å². The predicted octanol–water partition coefficient (Wildman–Crippen LogP) is 2.25. The smallest absolute Gasteiger partial charge is 0.231 e. The SMILES string of the molecule is CC(=O)C=NC(=N)NC(=O)Cc1c(Cl)cccc1Cl. The number of guanidine groups is 1. The van der Waals surface area contributed by atoms with E-state index in [2.05, 4.69) is 10.3 Å². The summed E-state index contributed by atoms with van der Waals surface area (Å²) >= 11 is 11.8. The molecular weight excluding hydrogens is 289 g/mol. The molecule has 0 radical (unpaired) electrons. The normalized spacial score (nSPS) is 10.5. The summed E-state index contributed by atoms with van der Waals surface area (Å²) in [6.07, 6.45) is 0.877. The van der Waals surface area contributed by atoms with E-state index >= 15 is 0 Å². The lowest BCUT2D eigenvalue weighted by atomic mass is 10.1. The number of carbonyl (C=O) groups excluding carboxylic acids is 2. The zero-order chi connectivity index (χ0) is 14.4. The third-order valence-electron chi connectivity index (χ3n) is 2.03. The van der Waals surface area contributed by atoms with Crippen LogP contribution in [0, 0.1) is 5.41 Å². The standard InChI is InChI=1S/C12H11Cl2N3O2/c1-7(18)6-16-12(15)17-11(19)5-8-9(13)3-2-4-10(8)14/h2-4,6H,5H2,1H3,(H2,15,17,19). The number of halogens is 2. The van der Waals surface area contributed by atoms with Crippen LogP contribution < -0.4 is 5.32 Å². The maximum absolute atomic E-state index is 11.6. The summed E-state index contributed by atoms with van der Waals surface area (Å²) in [6, 6.07) is 4.91. The molecule has 0 saturated heterocycles. The Hall–Kier alpha value is -1.72. The fraction of sp³-hybridized carbons (Fsp3) is 0.167. The molecule has 7 heteroatoms. The third-order valence-corrected chi connectivity index (χ3v) is 2.74. The number of benzene rings is 1. The van der Waals surface area contributed by atoms with E-state index in [0.29, 0.717) is 15.6 Å². The Balaban J connectivity index is 2.66. The zero-order valence-electron chi connectivity index (χ0n) is 10.0. The molecule has 0 heterocycles. The molecule has 0 atom stereocenters. The van der Waals surface area contributed by atoms with Gasteiger partial charge in [-0.05, 0) is 17.7 Å². The highest BCUT2D eigenvalue weighted by Crippen LogP contribution is 2.24. The number of nitrogens with zero attached hydrogens (tertiary/aromatic N) is 1. The highest BCUT2D eigenvalue weighted by molar-refractivity contribution is 6.36. The Kier molecular flexibility index (Phi) is 5.66. The van der Waals surface area contributed by atoms with Gasteiger partial charge in [-0.25, -0.2) is 4.99 Å². The van der Waals surface area contributed by atoms with Gasteiger partial charge in [-0.2, -0.15) is 0 Å². The van der Waals surface area contributed by atoms with Crippen molar-refractivity contribution in [1.29, 1.82) is 5.41 Å². The summed E-state index contributed by atoms with van der Waals surface area (Å²) < 4.78 is 0. The Morgan fingerprint density at radius 2 is 1.95 bits per heavy atom. The summed E-state index contributed by atoms with van der Waals surface area (Å²) in [4.78, 5) is 25.7. The molecule has 1 amide bonds. The van der Waals surface area contributed by atoms with E-state index in [1.807, 2.05) is 0 Å². The van der Waals surface area contributed by atoms with E-state index in [1.54, 1.807) is 18.2 Å². The number of aliphatic imine (C=N–C) groups is 1. The van der Waals surface area contributed by atoms with Crippen molar-refractivity contribution >= 4 is 47.1 Å². The lowest BCUT2D eigenvalue weighted by Gasteiger charge is -2.06. The molecule has 0 aliphatic carbocycles.